The first-order chi connectivity index (χ1) is 9.20. The van der Waals surface area contributed by atoms with Crippen molar-refractivity contribution >= 4 is 17.9 Å². The molecule has 0 spiro atoms. The summed E-state index contributed by atoms with van der Waals surface area (Å²) in [6.45, 7) is 4.75. The van der Waals surface area contributed by atoms with Crippen molar-refractivity contribution in [1.29, 1.82) is 0 Å². The highest BCUT2D eigenvalue weighted by molar-refractivity contribution is 6.02. The molecule has 0 bridgehead atoms. The predicted octanol–water partition coefficient (Wildman–Crippen LogP) is 0.429. The Bertz CT molecular complexity index is 368. The van der Waals surface area contributed by atoms with Gasteiger partial charge in [-0.1, -0.05) is 13.8 Å². The van der Waals surface area contributed by atoms with E-state index in [1.54, 1.807) is 0 Å². The van der Waals surface area contributed by atoms with Crippen LogP contribution in [0.4, 0.5) is 4.79 Å². The van der Waals surface area contributed by atoms with Crippen LogP contribution in [-0.2, 0) is 9.59 Å². The first-order valence-corrected chi connectivity index (χ1v) is 6.38. The quantitative estimate of drug-likeness (QED) is 0.589. The molecule has 0 saturated heterocycles. The molecule has 7 heteroatoms. The van der Waals surface area contributed by atoms with Gasteiger partial charge in [0, 0.05) is 24.7 Å². The normalized spacial score (nSPS) is 12.7. The van der Waals surface area contributed by atoms with Crippen LogP contribution in [0.1, 0.15) is 20.3 Å². The van der Waals surface area contributed by atoms with Gasteiger partial charge >= 0.3 is 12.0 Å². The van der Waals surface area contributed by atoms with Crippen molar-refractivity contribution in [2.75, 3.05) is 20.6 Å². The Morgan fingerprint density at radius 3 is 2.25 bits per heavy atom. The van der Waals surface area contributed by atoms with Gasteiger partial charge in [-0.2, -0.15) is 0 Å². The number of carbonyl (C=O) groups is 3. The van der Waals surface area contributed by atoms with Crippen molar-refractivity contribution in [3.63, 3.8) is 0 Å². The molecule has 1 atom stereocenters. The number of nitrogens with one attached hydrogen (secondary N) is 2. The summed E-state index contributed by atoms with van der Waals surface area (Å²) >= 11 is 0. The highest BCUT2D eigenvalue weighted by atomic mass is 16.4. The molecule has 20 heavy (non-hydrogen) atoms. The maximum atomic E-state index is 11.6. The lowest BCUT2D eigenvalue weighted by atomic mass is 10.0. The molecule has 0 rings (SSSR count). The zero-order chi connectivity index (χ0) is 15.7. The topological polar surface area (TPSA) is 98.7 Å². The van der Waals surface area contributed by atoms with Crippen molar-refractivity contribution in [2.24, 2.45) is 5.92 Å². The minimum atomic E-state index is -1.24. The number of rotatable bonds is 7. The molecule has 0 radical (unpaired) electrons. The fourth-order valence-corrected chi connectivity index (χ4v) is 1.71. The zero-order valence-electron chi connectivity index (χ0n) is 12.3. The number of hydrogen-bond acceptors (Lipinski definition) is 4. The summed E-state index contributed by atoms with van der Waals surface area (Å²) in [4.78, 5) is 35.1. The van der Waals surface area contributed by atoms with Gasteiger partial charge in [0.15, 0.2) is 0 Å². The van der Waals surface area contributed by atoms with E-state index in [0.717, 1.165) is 12.5 Å². The lowest BCUT2D eigenvalue weighted by Gasteiger charge is -2.23. The Balaban J connectivity index is 4.37. The Labute approximate surface area is 119 Å². The number of nitrogens with zero attached hydrogens (tertiary/aromatic N) is 1. The van der Waals surface area contributed by atoms with E-state index in [-0.39, 0.29) is 6.04 Å². The first-order valence-electron chi connectivity index (χ1n) is 6.38. The Kier molecular flexibility index (Phi) is 8.23. The fraction of sp³-hybridized carbons (Fsp3) is 0.615. The Hall–Kier alpha value is -1.89. The van der Waals surface area contributed by atoms with Gasteiger partial charge < -0.3 is 15.3 Å². The molecule has 114 valence electrons. The van der Waals surface area contributed by atoms with Crippen LogP contribution in [-0.4, -0.2) is 54.6 Å². The van der Waals surface area contributed by atoms with Gasteiger partial charge in [0.2, 0.25) is 0 Å². The van der Waals surface area contributed by atoms with Crippen molar-refractivity contribution in [3.05, 3.63) is 12.2 Å². The number of urea groups is 1. The average Bonchev–Trinajstić information content (AvgIpc) is 2.23. The average molecular weight is 285 g/mol. The van der Waals surface area contributed by atoms with Gasteiger partial charge in [0.1, 0.15) is 0 Å². The first kappa shape index (κ1) is 18.1. The van der Waals surface area contributed by atoms with Crippen LogP contribution in [0.2, 0.25) is 0 Å². The van der Waals surface area contributed by atoms with E-state index in [2.05, 4.69) is 10.6 Å². The van der Waals surface area contributed by atoms with Gasteiger partial charge in [-0.05, 0) is 26.4 Å². The molecule has 0 fully saturated rings. The van der Waals surface area contributed by atoms with E-state index in [1.165, 1.54) is 0 Å². The van der Waals surface area contributed by atoms with Crippen LogP contribution >= 0.6 is 0 Å². The molecule has 1 unspecified atom stereocenters. The molecule has 3 N–H and O–H groups in total. The second-order valence-electron chi connectivity index (χ2n) is 5.22. The monoisotopic (exact) mass is 285 g/mol. The number of aliphatic carboxylic acids is 1. The summed E-state index contributed by atoms with van der Waals surface area (Å²) in [5.41, 5.74) is 0. The van der Waals surface area contributed by atoms with Crippen LogP contribution in [0, 0.1) is 5.92 Å². The van der Waals surface area contributed by atoms with Crippen molar-refractivity contribution in [3.8, 4) is 0 Å². The molecular formula is C13H23N3O4. The summed E-state index contributed by atoms with van der Waals surface area (Å²) in [5, 5.41) is 13.1. The number of imide groups is 1. The van der Waals surface area contributed by atoms with Crippen molar-refractivity contribution in [2.45, 2.75) is 26.3 Å². The smallest absolute Gasteiger partial charge is 0.328 e. The van der Waals surface area contributed by atoms with E-state index in [9.17, 15) is 14.4 Å². The molecule has 0 heterocycles. The van der Waals surface area contributed by atoms with Gasteiger partial charge in [0.05, 0.1) is 0 Å². The van der Waals surface area contributed by atoms with Crippen molar-refractivity contribution in [1.82, 2.24) is 15.5 Å². The van der Waals surface area contributed by atoms with E-state index < -0.39 is 17.9 Å². The summed E-state index contributed by atoms with van der Waals surface area (Å²) in [6.07, 6.45) is 2.25. The number of carbonyl (C=O) groups excluding carboxylic acids is 2. The molecule has 3 amide bonds. The van der Waals surface area contributed by atoms with E-state index in [1.807, 2.05) is 32.8 Å². The number of likely N-dealkylation sites (N-methyl/N-ethyl adjacent to an activating group) is 1. The number of carboxylic acids is 1. The lowest BCUT2D eigenvalue weighted by molar-refractivity contribution is -0.131. The molecule has 0 aromatic heterocycles. The van der Waals surface area contributed by atoms with Gasteiger partial charge in [-0.15, -0.1) is 0 Å². The van der Waals surface area contributed by atoms with E-state index in [0.29, 0.717) is 18.5 Å². The maximum Gasteiger partial charge on any atom is 0.328 e. The molecule has 7 nitrogen and oxygen atoms in total. The SMILES string of the molecule is CC(C)CC(CN(C)C)NC(=O)NC(=O)C=CC(=O)O. The predicted molar refractivity (Wildman–Crippen MR) is 75.2 cm³/mol. The second kappa shape index (κ2) is 9.08. The molecule has 0 saturated carbocycles. The molecule has 0 aliphatic rings. The molecule has 0 aliphatic carbocycles. The van der Waals surface area contributed by atoms with Crippen molar-refractivity contribution < 1.29 is 19.5 Å². The summed E-state index contributed by atoms with van der Waals surface area (Å²) < 4.78 is 0. The highest BCUT2D eigenvalue weighted by Gasteiger charge is 2.15. The second-order valence-corrected chi connectivity index (χ2v) is 5.22. The van der Waals surface area contributed by atoms with Gasteiger partial charge in [-0.3, -0.25) is 10.1 Å². The third-order valence-corrected chi connectivity index (χ3v) is 2.29. The summed E-state index contributed by atoms with van der Waals surface area (Å²) in [7, 11) is 3.79. The Morgan fingerprint density at radius 1 is 1.20 bits per heavy atom. The summed E-state index contributed by atoms with van der Waals surface area (Å²) in [6, 6.07) is -0.709. The van der Waals surface area contributed by atoms with Crippen LogP contribution in [0.3, 0.4) is 0 Å². The number of carboxylic acid groups (broad SMARTS) is 1. The Morgan fingerprint density at radius 2 is 1.80 bits per heavy atom. The number of hydrogen-bond donors (Lipinski definition) is 3. The van der Waals surface area contributed by atoms with E-state index >= 15 is 0 Å². The van der Waals surface area contributed by atoms with Crippen LogP contribution in [0.25, 0.3) is 0 Å². The third-order valence-electron chi connectivity index (χ3n) is 2.29. The minimum absolute atomic E-state index is 0.0822. The van der Waals surface area contributed by atoms with E-state index in [4.69, 9.17) is 5.11 Å². The largest absolute Gasteiger partial charge is 0.478 e. The van der Waals surface area contributed by atoms with Gasteiger partial charge in [0.25, 0.3) is 5.91 Å². The van der Waals surface area contributed by atoms with Gasteiger partial charge in [-0.25, -0.2) is 9.59 Å². The zero-order valence-corrected chi connectivity index (χ0v) is 12.3. The molecule has 0 aromatic carbocycles. The summed E-state index contributed by atoms with van der Waals surface area (Å²) in [5.74, 6) is -1.60. The molecule has 0 aromatic rings. The van der Waals surface area contributed by atoms with Crippen LogP contribution < -0.4 is 10.6 Å². The van der Waals surface area contributed by atoms with Crippen LogP contribution in [0.5, 0.6) is 0 Å². The molecular weight excluding hydrogens is 262 g/mol. The molecule has 0 aliphatic heterocycles. The highest BCUT2D eigenvalue weighted by Crippen LogP contribution is 2.05. The third kappa shape index (κ3) is 10.1. The standard InChI is InChI=1S/C13H23N3O4/c1-9(2)7-10(8-16(3)4)14-13(20)15-11(17)5-6-12(18)19/h5-6,9-10H,7-8H2,1-4H3,(H,18,19)(H2,14,15,17,20). The maximum absolute atomic E-state index is 11.6. The minimum Gasteiger partial charge on any atom is -0.478 e. The number of amides is 3. The van der Waals surface area contributed by atoms with Crippen LogP contribution in [0.15, 0.2) is 12.2 Å². The fourth-order valence-electron chi connectivity index (χ4n) is 1.71. The lowest BCUT2D eigenvalue weighted by Crippen LogP contribution is -2.48.